The van der Waals surface area contributed by atoms with Gasteiger partial charge in [-0.1, -0.05) is 18.2 Å². The van der Waals surface area contributed by atoms with Crippen molar-refractivity contribution in [3.8, 4) is 0 Å². The fourth-order valence-corrected chi connectivity index (χ4v) is 1.83. The third-order valence-electron chi connectivity index (χ3n) is 3.19. The number of nitrogens with one attached hydrogen (secondary N) is 1. The number of benzene rings is 2. The van der Waals surface area contributed by atoms with Crippen LogP contribution in [0.5, 0.6) is 0 Å². The van der Waals surface area contributed by atoms with Gasteiger partial charge < -0.3 is 16.2 Å². The van der Waals surface area contributed by atoms with E-state index in [1.165, 1.54) is 0 Å². The topological polar surface area (TPSA) is 75.3 Å². The molecule has 2 aromatic rings. The van der Waals surface area contributed by atoms with E-state index in [-0.39, 0.29) is 5.91 Å². The van der Waals surface area contributed by atoms with Crippen molar-refractivity contribution in [1.82, 2.24) is 0 Å². The lowest BCUT2D eigenvalue weighted by molar-refractivity contribution is 0.102. The molecule has 0 fully saturated rings. The van der Waals surface area contributed by atoms with Gasteiger partial charge in [0.15, 0.2) is 0 Å². The van der Waals surface area contributed by atoms with Crippen LogP contribution in [0.4, 0.5) is 11.4 Å². The molecule has 0 saturated carbocycles. The smallest absolute Gasteiger partial charge is 0.255 e. The monoisotopic (exact) mass is 270 g/mol. The summed E-state index contributed by atoms with van der Waals surface area (Å²) in [6.45, 7) is 3.59. The normalized spacial score (nSPS) is 11.9. The number of aliphatic hydroxyl groups excluding tert-OH is 1. The van der Waals surface area contributed by atoms with Crippen LogP contribution < -0.4 is 11.1 Å². The summed E-state index contributed by atoms with van der Waals surface area (Å²) in [5.41, 5.74) is 9.35. The maximum absolute atomic E-state index is 12.1. The van der Waals surface area contributed by atoms with Crippen LogP contribution in [0.3, 0.4) is 0 Å². The van der Waals surface area contributed by atoms with Gasteiger partial charge in [-0.15, -0.1) is 0 Å². The lowest BCUT2D eigenvalue weighted by Crippen LogP contribution is -2.12. The van der Waals surface area contributed by atoms with Crippen molar-refractivity contribution in [3.05, 3.63) is 59.2 Å². The summed E-state index contributed by atoms with van der Waals surface area (Å²) in [5, 5.41) is 12.2. The van der Waals surface area contributed by atoms with Crippen LogP contribution in [0.25, 0.3) is 0 Å². The molecule has 1 amide bonds. The van der Waals surface area contributed by atoms with Gasteiger partial charge in [-0.3, -0.25) is 4.79 Å². The van der Waals surface area contributed by atoms with Crippen molar-refractivity contribution in [1.29, 1.82) is 0 Å². The minimum atomic E-state index is -0.517. The highest BCUT2D eigenvalue weighted by Crippen LogP contribution is 2.17. The number of nitrogen functional groups attached to an aromatic ring is 1. The number of hydrogen-bond donors (Lipinski definition) is 3. The summed E-state index contributed by atoms with van der Waals surface area (Å²) >= 11 is 0. The quantitative estimate of drug-likeness (QED) is 0.751. The summed E-state index contributed by atoms with van der Waals surface area (Å²) in [6.07, 6.45) is -0.517. The molecule has 0 radical (unpaired) electrons. The molecule has 20 heavy (non-hydrogen) atoms. The Bertz CT molecular complexity index is 619. The number of anilines is 2. The Balaban J connectivity index is 2.12. The second kappa shape index (κ2) is 5.75. The first-order valence-corrected chi connectivity index (χ1v) is 6.43. The van der Waals surface area contributed by atoms with Crippen LogP contribution in [-0.4, -0.2) is 11.0 Å². The maximum atomic E-state index is 12.1. The number of rotatable bonds is 3. The summed E-state index contributed by atoms with van der Waals surface area (Å²) in [7, 11) is 0. The molecule has 1 unspecified atom stereocenters. The van der Waals surface area contributed by atoms with Gasteiger partial charge in [-0.05, 0) is 49.2 Å². The van der Waals surface area contributed by atoms with E-state index in [1.807, 2.05) is 13.0 Å². The molecule has 0 aliphatic carbocycles. The number of carbonyl (C=O) groups is 1. The zero-order valence-electron chi connectivity index (χ0n) is 11.6. The van der Waals surface area contributed by atoms with E-state index in [1.54, 1.807) is 43.3 Å². The zero-order chi connectivity index (χ0) is 14.7. The molecular formula is C16H18N2O2. The van der Waals surface area contributed by atoms with Gasteiger partial charge in [-0.2, -0.15) is 0 Å². The highest BCUT2D eigenvalue weighted by molar-refractivity contribution is 6.04. The van der Waals surface area contributed by atoms with Crippen molar-refractivity contribution >= 4 is 17.3 Å². The number of carbonyl (C=O) groups excluding carboxylic acids is 1. The molecule has 2 aromatic carbocycles. The highest BCUT2D eigenvalue weighted by atomic mass is 16.3. The van der Waals surface area contributed by atoms with Crippen molar-refractivity contribution in [2.24, 2.45) is 0 Å². The molecule has 1 atom stereocenters. The Hall–Kier alpha value is -2.33. The van der Waals surface area contributed by atoms with Crippen LogP contribution >= 0.6 is 0 Å². The van der Waals surface area contributed by atoms with Crippen molar-refractivity contribution in [3.63, 3.8) is 0 Å². The first kappa shape index (κ1) is 14.1. The lowest BCUT2D eigenvalue weighted by atomic mass is 10.1. The minimum absolute atomic E-state index is 0.207. The molecule has 4 N–H and O–H groups in total. The molecule has 0 aliphatic rings. The molecule has 0 aliphatic heterocycles. The SMILES string of the molecule is Cc1ccc(C(=O)Nc2ccc(C(C)O)cc2)cc1N. The summed E-state index contributed by atoms with van der Waals surface area (Å²) in [5.74, 6) is -0.207. The minimum Gasteiger partial charge on any atom is -0.398 e. The average Bonchev–Trinajstić information content (AvgIpc) is 2.42. The van der Waals surface area contributed by atoms with Gasteiger partial charge in [0, 0.05) is 16.9 Å². The van der Waals surface area contributed by atoms with Gasteiger partial charge in [-0.25, -0.2) is 0 Å². The first-order chi connectivity index (χ1) is 9.47. The predicted octanol–water partition coefficient (Wildman–Crippen LogP) is 2.88. The van der Waals surface area contributed by atoms with Gasteiger partial charge in [0.25, 0.3) is 5.91 Å². The first-order valence-electron chi connectivity index (χ1n) is 6.43. The molecule has 2 rings (SSSR count). The van der Waals surface area contributed by atoms with E-state index in [0.29, 0.717) is 16.9 Å². The molecule has 0 aromatic heterocycles. The molecule has 0 spiro atoms. The standard InChI is InChI=1S/C16H18N2O2/c1-10-3-4-13(9-15(10)17)16(20)18-14-7-5-12(6-8-14)11(2)19/h3-9,11,19H,17H2,1-2H3,(H,18,20). The Morgan fingerprint density at radius 3 is 2.40 bits per heavy atom. The van der Waals surface area contributed by atoms with E-state index in [2.05, 4.69) is 5.32 Å². The van der Waals surface area contributed by atoms with Crippen LogP contribution in [0.1, 0.15) is 34.5 Å². The molecule has 104 valence electrons. The second-order valence-electron chi connectivity index (χ2n) is 4.82. The molecule has 0 saturated heterocycles. The van der Waals surface area contributed by atoms with Crippen LogP contribution in [-0.2, 0) is 0 Å². The van der Waals surface area contributed by atoms with Gasteiger partial charge >= 0.3 is 0 Å². The Morgan fingerprint density at radius 2 is 1.85 bits per heavy atom. The predicted molar refractivity (Wildman–Crippen MR) is 80.6 cm³/mol. The Morgan fingerprint density at radius 1 is 1.20 bits per heavy atom. The second-order valence-corrected chi connectivity index (χ2v) is 4.82. The number of hydrogen-bond acceptors (Lipinski definition) is 3. The van der Waals surface area contributed by atoms with E-state index >= 15 is 0 Å². The maximum Gasteiger partial charge on any atom is 0.255 e. The largest absolute Gasteiger partial charge is 0.398 e. The summed E-state index contributed by atoms with van der Waals surface area (Å²) in [4.78, 5) is 12.1. The fourth-order valence-electron chi connectivity index (χ4n) is 1.83. The molecular weight excluding hydrogens is 252 g/mol. The zero-order valence-corrected chi connectivity index (χ0v) is 11.6. The van der Waals surface area contributed by atoms with E-state index in [9.17, 15) is 9.90 Å². The van der Waals surface area contributed by atoms with E-state index in [0.717, 1.165) is 11.1 Å². The molecule has 0 bridgehead atoms. The number of aryl methyl sites for hydroxylation is 1. The van der Waals surface area contributed by atoms with Crippen molar-refractivity contribution < 1.29 is 9.90 Å². The summed E-state index contributed by atoms with van der Waals surface area (Å²) < 4.78 is 0. The highest BCUT2D eigenvalue weighted by Gasteiger charge is 2.08. The molecule has 0 heterocycles. The van der Waals surface area contributed by atoms with Crippen molar-refractivity contribution in [2.45, 2.75) is 20.0 Å². The summed E-state index contributed by atoms with van der Waals surface area (Å²) in [6, 6.07) is 12.3. The van der Waals surface area contributed by atoms with Crippen LogP contribution in [0.2, 0.25) is 0 Å². The van der Waals surface area contributed by atoms with Gasteiger partial charge in [0.05, 0.1) is 6.10 Å². The third kappa shape index (κ3) is 3.16. The van der Waals surface area contributed by atoms with Crippen LogP contribution in [0.15, 0.2) is 42.5 Å². The number of aliphatic hydroxyl groups is 1. The fraction of sp³-hybridized carbons (Fsp3) is 0.188. The van der Waals surface area contributed by atoms with Crippen molar-refractivity contribution in [2.75, 3.05) is 11.1 Å². The Labute approximate surface area is 118 Å². The third-order valence-corrected chi connectivity index (χ3v) is 3.19. The number of nitrogens with two attached hydrogens (primary N) is 1. The lowest BCUT2D eigenvalue weighted by Gasteiger charge is -2.09. The van der Waals surface area contributed by atoms with Crippen LogP contribution in [0, 0.1) is 6.92 Å². The number of amides is 1. The van der Waals surface area contributed by atoms with Gasteiger partial charge in [0.2, 0.25) is 0 Å². The molecule has 4 nitrogen and oxygen atoms in total. The van der Waals surface area contributed by atoms with E-state index < -0.39 is 6.10 Å². The Kier molecular flexibility index (Phi) is 4.05. The van der Waals surface area contributed by atoms with Gasteiger partial charge in [0.1, 0.15) is 0 Å². The molecule has 4 heteroatoms. The average molecular weight is 270 g/mol. The van der Waals surface area contributed by atoms with E-state index in [4.69, 9.17) is 5.73 Å².